The first kappa shape index (κ1) is 16.0. The molecule has 3 aromatic rings. The van der Waals surface area contributed by atoms with Gasteiger partial charge in [0.1, 0.15) is 5.82 Å². The van der Waals surface area contributed by atoms with Crippen molar-refractivity contribution in [2.45, 2.75) is 32.9 Å². The third-order valence-electron chi connectivity index (χ3n) is 5.05. The Morgan fingerprint density at radius 1 is 1.00 bits per heavy atom. The quantitative estimate of drug-likeness (QED) is 0.736. The van der Waals surface area contributed by atoms with Crippen LogP contribution in [0.25, 0.3) is 5.65 Å². The van der Waals surface area contributed by atoms with Gasteiger partial charge >= 0.3 is 0 Å². The highest BCUT2D eigenvalue weighted by Crippen LogP contribution is 2.19. The molecule has 1 fully saturated rings. The van der Waals surface area contributed by atoms with Crippen LogP contribution in [0.5, 0.6) is 0 Å². The van der Waals surface area contributed by atoms with Gasteiger partial charge in [-0.25, -0.2) is 0 Å². The number of hydrogen-bond donors (Lipinski definition) is 0. The maximum absolute atomic E-state index is 4.73. The molecule has 130 valence electrons. The highest BCUT2D eigenvalue weighted by atomic mass is 15.4. The average molecular weight is 336 g/mol. The minimum atomic E-state index is 0.561. The predicted molar refractivity (Wildman–Crippen MR) is 98.7 cm³/mol. The maximum atomic E-state index is 4.73. The number of fused-ring (bicyclic) bond motifs is 1. The van der Waals surface area contributed by atoms with Gasteiger partial charge in [0, 0.05) is 32.2 Å². The first-order valence-corrected chi connectivity index (χ1v) is 8.93. The van der Waals surface area contributed by atoms with E-state index in [9.17, 15) is 0 Å². The number of benzene rings is 1. The molecule has 0 radical (unpaired) electrons. The molecule has 2 aromatic heterocycles. The summed E-state index contributed by atoms with van der Waals surface area (Å²) >= 11 is 0. The van der Waals surface area contributed by atoms with Crippen molar-refractivity contribution in [2.75, 3.05) is 24.5 Å². The SMILES string of the molecule is Cc1nnc2ccc(N3CCC(C)N(Cc4ccccc4)CC3)nn12. The van der Waals surface area contributed by atoms with Gasteiger partial charge in [-0.1, -0.05) is 30.3 Å². The van der Waals surface area contributed by atoms with Crippen molar-refractivity contribution in [3.63, 3.8) is 0 Å². The van der Waals surface area contributed by atoms with E-state index >= 15 is 0 Å². The molecule has 0 spiro atoms. The second-order valence-electron chi connectivity index (χ2n) is 6.79. The summed E-state index contributed by atoms with van der Waals surface area (Å²) in [4.78, 5) is 4.94. The lowest BCUT2D eigenvalue weighted by Gasteiger charge is -2.26. The summed E-state index contributed by atoms with van der Waals surface area (Å²) < 4.78 is 1.82. The van der Waals surface area contributed by atoms with Gasteiger partial charge in [-0.2, -0.15) is 4.52 Å². The van der Waals surface area contributed by atoms with Crippen molar-refractivity contribution in [2.24, 2.45) is 0 Å². The molecule has 1 aliphatic rings. The van der Waals surface area contributed by atoms with Gasteiger partial charge in [-0.15, -0.1) is 15.3 Å². The van der Waals surface area contributed by atoms with Crippen LogP contribution in [-0.4, -0.2) is 50.4 Å². The van der Waals surface area contributed by atoms with E-state index < -0.39 is 0 Å². The van der Waals surface area contributed by atoms with Crippen LogP contribution in [0.2, 0.25) is 0 Å². The Balaban J connectivity index is 1.50. The van der Waals surface area contributed by atoms with Crippen molar-refractivity contribution < 1.29 is 0 Å². The molecule has 1 aromatic carbocycles. The van der Waals surface area contributed by atoms with Crippen molar-refractivity contribution in [3.8, 4) is 0 Å². The van der Waals surface area contributed by atoms with E-state index in [0.717, 1.165) is 49.9 Å². The van der Waals surface area contributed by atoms with Crippen LogP contribution in [0, 0.1) is 6.92 Å². The monoisotopic (exact) mass is 336 g/mol. The van der Waals surface area contributed by atoms with Crippen molar-refractivity contribution in [3.05, 3.63) is 53.9 Å². The van der Waals surface area contributed by atoms with E-state index in [1.54, 1.807) is 0 Å². The topological polar surface area (TPSA) is 49.6 Å². The number of rotatable bonds is 3. The molecule has 0 aliphatic carbocycles. The second kappa shape index (κ2) is 6.80. The molecule has 1 saturated heterocycles. The van der Waals surface area contributed by atoms with Crippen LogP contribution in [-0.2, 0) is 6.54 Å². The van der Waals surface area contributed by atoms with E-state index in [0.29, 0.717) is 6.04 Å². The Kier molecular flexibility index (Phi) is 4.36. The third-order valence-corrected chi connectivity index (χ3v) is 5.05. The van der Waals surface area contributed by atoms with Crippen LogP contribution in [0.4, 0.5) is 5.82 Å². The fourth-order valence-corrected chi connectivity index (χ4v) is 3.44. The first-order chi connectivity index (χ1) is 12.2. The summed E-state index contributed by atoms with van der Waals surface area (Å²) in [6, 6.07) is 15.3. The zero-order valence-corrected chi connectivity index (χ0v) is 14.8. The third kappa shape index (κ3) is 3.35. The molecular weight excluding hydrogens is 312 g/mol. The number of aryl methyl sites for hydroxylation is 1. The molecular formula is C19H24N6. The van der Waals surface area contributed by atoms with Crippen molar-refractivity contribution >= 4 is 11.5 Å². The summed E-state index contributed by atoms with van der Waals surface area (Å²) in [7, 11) is 0. The van der Waals surface area contributed by atoms with E-state index in [-0.39, 0.29) is 0 Å². The molecule has 0 N–H and O–H groups in total. The largest absolute Gasteiger partial charge is 0.354 e. The Morgan fingerprint density at radius 3 is 2.68 bits per heavy atom. The maximum Gasteiger partial charge on any atom is 0.178 e. The molecule has 3 heterocycles. The molecule has 6 heteroatoms. The zero-order valence-electron chi connectivity index (χ0n) is 14.8. The molecule has 0 bridgehead atoms. The molecule has 6 nitrogen and oxygen atoms in total. The number of aromatic nitrogens is 4. The van der Waals surface area contributed by atoms with Crippen LogP contribution in [0.15, 0.2) is 42.5 Å². The average Bonchev–Trinajstić information content (AvgIpc) is 2.91. The zero-order chi connectivity index (χ0) is 17.2. The van der Waals surface area contributed by atoms with Gasteiger partial charge in [0.2, 0.25) is 0 Å². The van der Waals surface area contributed by atoms with Gasteiger partial charge < -0.3 is 4.90 Å². The Morgan fingerprint density at radius 2 is 1.84 bits per heavy atom. The van der Waals surface area contributed by atoms with Gasteiger partial charge in [0.15, 0.2) is 11.5 Å². The fraction of sp³-hybridized carbons (Fsp3) is 0.421. The highest BCUT2D eigenvalue weighted by molar-refractivity contribution is 5.45. The molecule has 0 amide bonds. The fourth-order valence-electron chi connectivity index (χ4n) is 3.44. The molecule has 1 atom stereocenters. The lowest BCUT2D eigenvalue weighted by molar-refractivity contribution is 0.212. The minimum Gasteiger partial charge on any atom is -0.354 e. The van der Waals surface area contributed by atoms with Crippen LogP contribution in [0.1, 0.15) is 24.7 Å². The van der Waals surface area contributed by atoms with Crippen molar-refractivity contribution in [1.29, 1.82) is 0 Å². The van der Waals surface area contributed by atoms with Crippen LogP contribution < -0.4 is 4.90 Å². The Bertz CT molecular complexity index is 844. The van der Waals surface area contributed by atoms with Gasteiger partial charge in [-0.3, -0.25) is 4.90 Å². The van der Waals surface area contributed by atoms with E-state index in [4.69, 9.17) is 5.10 Å². The van der Waals surface area contributed by atoms with E-state index in [1.807, 2.05) is 17.5 Å². The number of hydrogen-bond acceptors (Lipinski definition) is 5. The van der Waals surface area contributed by atoms with E-state index in [1.165, 1.54) is 5.56 Å². The van der Waals surface area contributed by atoms with Crippen LogP contribution >= 0.6 is 0 Å². The summed E-state index contributed by atoms with van der Waals surface area (Å²) in [5.41, 5.74) is 2.18. The normalized spacial score (nSPS) is 19.3. The molecule has 0 saturated carbocycles. The molecule has 1 unspecified atom stereocenters. The standard InChI is InChI=1S/C19H24N6/c1-15-10-11-23(12-13-24(15)14-17-6-4-3-5-7-17)19-9-8-18-21-20-16(2)25(18)22-19/h3-9,15H,10-14H2,1-2H3. The summed E-state index contributed by atoms with van der Waals surface area (Å²) in [6.07, 6.45) is 1.13. The summed E-state index contributed by atoms with van der Waals surface area (Å²) in [6.45, 7) is 8.31. The van der Waals surface area contributed by atoms with Gasteiger partial charge in [0.25, 0.3) is 0 Å². The van der Waals surface area contributed by atoms with Gasteiger partial charge in [0.05, 0.1) is 0 Å². The number of anilines is 1. The minimum absolute atomic E-state index is 0.561. The smallest absolute Gasteiger partial charge is 0.178 e. The lowest BCUT2D eigenvalue weighted by Crippen LogP contribution is -2.34. The molecule has 25 heavy (non-hydrogen) atoms. The highest BCUT2D eigenvalue weighted by Gasteiger charge is 2.22. The summed E-state index contributed by atoms with van der Waals surface area (Å²) in [5.74, 6) is 1.83. The number of nitrogens with zero attached hydrogens (tertiary/aromatic N) is 6. The Hall–Kier alpha value is -2.47. The van der Waals surface area contributed by atoms with E-state index in [2.05, 4.69) is 63.3 Å². The van der Waals surface area contributed by atoms with Gasteiger partial charge in [-0.05, 0) is 38.0 Å². The van der Waals surface area contributed by atoms with Crippen molar-refractivity contribution in [1.82, 2.24) is 24.7 Å². The first-order valence-electron chi connectivity index (χ1n) is 8.93. The summed E-state index contributed by atoms with van der Waals surface area (Å²) in [5, 5.41) is 12.9. The molecule has 4 rings (SSSR count). The Labute approximate surface area is 148 Å². The molecule has 1 aliphatic heterocycles. The second-order valence-corrected chi connectivity index (χ2v) is 6.79. The van der Waals surface area contributed by atoms with Crippen LogP contribution in [0.3, 0.4) is 0 Å². The lowest BCUT2D eigenvalue weighted by atomic mass is 10.1. The predicted octanol–water partition coefficient (Wildman–Crippen LogP) is 2.53.